The largest absolute Gasteiger partial charge is 0.393 e. The van der Waals surface area contributed by atoms with E-state index in [0.717, 1.165) is 5.39 Å². The molecule has 3 rings (SSSR count). The van der Waals surface area contributed by atoms with Gasteiger partial charge in [0.1, 0.15) is 5.69 Å². The molecule has 0 fully saturated rings. The van der Waals surface area contributed by atoms with Gasteiger partial charge in [0.15, 0.2) is 0 Å². The van der Waals surface area contributed by atoms with Crippen LogP contribution in [0.2, 0.25) is 5.02 Å². The molecule has 0 bridgehead atoms. The highest BCUT2D eigenvalue weighted by molar-refractivity contribution is 6.31. The lowest BCUT2D eigenvalue weighted by atomic mass is 10.1. The van der Waals surface area contributed by atoms with Gasteiger partial charge in [0.05, 0.1) is 23.1 Å². The number of hydrogen-bond acceptors (Lipinski definition) is 4. The molecule has 0 spiro atoms. The molecule has 0 saturated carbocycles. The fourth-order valence-corrected chi connectivity index (χ4v) is 2.56. The molecule has 1 aromatic carbocycles. The van der Waals surface area contributed by atoms with Crippen LogP contribution in [0.1, 0.15) is 0 Å². The van der Waals surface area contributed by atoms with Gasteiger partial charge in [-0.2, -0.15) is 0 Å². The van der Waals surface area contributed by atoms with Crippen LogP contribution in [0, 0.1) is 0 Å². The minimum Gasteiger partial charge on any atom is -0.393 e. The molecule has 2 heterocycles. The predicted molar refractivity (Wildman–Crippen MR) is 86.3 cm³/mol. The van der Waals surface area contributed by atoms with E-state index in [1.807, 2.05) is 6.07 Å². The van der Waals surface area contributed by atoms with Crippen molar-refractivity contribution in [2.45, 2.75) is 0 Å². The SMILES string of the molecule is CNc1c(N)c(=O)n(-c2cccnc2)c2cc(Cl)ccc12. The summed E-state index contributed by atoms with van der Waals surface area (Å²) in [6.07, 6.45) is 3.26. The zero-order chi connectivity index (χ0) is 15.0. The zero-order valence-corrected chi connectivity index (χ0v) is 12.1. The Labute approximate surface area is 126 Å². The number of nitrogens with zero attached hydrogens (tertiary/aromatic N) is 2. The first-order valence-corrected chi connectivity index (χ1v) is 6.73. The van der Waals surface area contributed by atoms with Gasteiger partial charge in [-0.1, -0.05) is 11.6 Å². The highest BCUT2D eigenvalue weighted by Gasteiger charge is 2.15. The molecule has 0 radical (unpaired) electrons. The van der Waals surface area contributed by atoms with Crippen molar-refractivity contribution in [2.75, 3.05) is 18.1 Å². The molecule has 0 amide bonds. The Bertz CT molecular complexity index is 874. The summed E-state index contributed by atoms with van der Waals surface area (Å²) in [5.74, 6) is 0. The van der Waals surface area contributed by atoms with Gasteiger partial charge in [0, 0.05) is 23.7 Å². The Morgan fingerprint density at radius 3 is 2.81 bits per heavy atom. The van der Waals surface area contributed by atoms with E-state index in [0.29, 0.717) is 21.9 Å². The van der Waals surface area contributed by atoms with Crippen molar-refractivity contribution < 1.29 is 0 Å². The summed E-state index contributed by atoms with van der Waals surface area (Å²) < 4.78 is 1.52. The normalized spacial score (nSPS) is 10.8. The van der Waals surface area contributed by atoms with E-state index in [1.54, 1.807) is 43.7 Å². The van der Waals surface area contributed by atoms with Crippen molar-refractivity contribution in [3.63, 3.8) is 0 Å². The summed E-state index contributed by atoms with van der Waals surface area (Å²) in [4.78, 5) is 16.7. The summed E-state index contributed by atoms with van der Waals surface area (Å²) in [5, 5.41) is 4.35. The van der Waals surface area contributed by atoms with Gasteiger partial charge in [0.2, 0.25) is 0 Å². The first-order chi connectivity index (χ1) is 10.1. The monoisotopic (exact) mass is 300 g/mol. The number of nitrogens with two attached hydrogens (primary N) is 1. The average molecular weight is 301 g/mol. The molecule has 0 saturated heterocycles. The number of rotatable bonds is 2. The average Bonchev–Trinajstić information content (AvgIpc) is 2.50. The molecule has 0 aliphatic rings. The number of nitrogen functional groups attached to an aromatic ring is 1. The van der Waals surface area contributed by atoms with Gasteiger partial charge in [0.25, 0.3) is 5.56 Å². The lowest BCUT2D eigenvalue weighted by Crippen LogP contribution is -2.23. The number of anilines is 2. The highest BCUT2D eigenvalue weighted by Crippen LogP contribution is 2.29. The number of benzene rings is 1. The van der Waals surface area contributed by atoms with E-state index < -0.39 is 0 Å². The maximum atomic E-state index is 12.6. The third-order valence-corrected chi connectivity index (χ3v) is 3.56. The number of hydrogen-bond donors (Lipinski definition) is 2. The van der Waals surface area contributed by atoms with Crippen molar-refractivity contribution in [1.82, 2.24) is 9.55 Å². The number of nitrogens with one attached hydrogen (secondary N) is 1. The lowest BCUT2D eigenvalue weighted by molar-refractivity contribution is 1.03. The fraction of sp³-hybridized carbons (Fsp3) is 0.0667. The van der Waals surface area contributed by atoms with E-state index in [4.69, 9.17) is 17.3 Å². The van der Waals surface area contributed by atoms with Crippen LogP contribution in [0.3, 0.4) is 0 Å². The van der Waals surface area contributed by atoms with E-state index in [1.165, 1.54) is 4.57 Å². The Morgan fingerprint density at radius 2 is 2.14 bits per heavy atom. The van der Waals surface area contributed by atoms with Crippen molar-refractivity contribution in [2.24, 2.45) is 0 Å². The maximum absolute atomic E-state index is 12.6. The quantitative estimate of drug-likeness (QED) is 0.763. The molecule has 2 aromatic heterocycles. The Hall–Kier alpha value is -2.53. The van der Waals surface area contributed by atoms with Gasteiger partial charge in [-0.3, -0.25) is 14.3 Å². The fourth-order valence-electron chi connectivity index (χ4n) is 2.39. The molecule has 0 unspecified atom stereocenters. The zero-order valence-electron chi connectivity index (χ0n) is 11.3. The van der Waals surface area contributed by atoms with Crippen molar-refractivity contribution in [1.29, 1.82) is 0 Å². The number of halogens is 1. The first-order valence-electron chi connectivity index (χ1n) is 6.35. The number of pyridine rings is 2. The molecular formula is C15H13ClN4O. The molecule has 0 aliphatic carbocycles. The van der Waals surface area contributed by atoms with E-state index in [-0.39, 0.29) is 11.2 Å². The third kappa shape index (κ3) is 2.11. The van der Waals surface area contributed by atoms with Gasteiger partial charge in [-0.25, -0.2) is 0 Å². The van der Waals surface area contributed by atoms with Gasteiger partial charge in [-0.15, -0.1) is 0 Å². The molecule has 3 N–H and O–H groups in total. The Morgan fingerprint density at radius 1 is 1.33 bits per heavy atom. The van der Waals surface area contributed by atoms with Crippen LogP contribution < -0.4 is 16.6 Å². The van der Waals surface area contributed by atoms with Crippen LogP contribution >= 0.6 is 11.6 Å². The minimum absolute atomic E-state index is 0.163. The molecule has 0 aliphatic heterocycles. The van der Waals surface area contributed by atoms with Crippen molar-refractivity contribution in [3.8, 4) is 5.69 Å². The summed E-state index contributed by atoms with van der Waals surface area (Å²) in [6.45, 7) is 0. The molecule has 5 nitrogen and oxygen atoms in total. The van der Waals surface area contributed by atoms with Crippen molar-refractivity contribution >= 4 is 33.9 Å². The predicted octanol–water partition coefficient (Wildman–Crippen LogP) is 2.66. The summed E-state index contributed by atoms with van der Waals surface area (Å²) in [6, 6.07) is 8.91. The Kier molecular flexibility index (Phi) is 3.27. The second-order valence-corrected chi connectivity index (χ2v) is 4.99. The lowest BCUT2D eigenvalue weighted by Gasteiger charge is -2.15. The topological polar surface area (TPSA) is 72.9 Å². The standard InChI is InChI=1S/C15H13ClN4O/c1-18-14-11-5-4-9(16)7-12(11)20(15(21)13(14)17)10-3-2-6-19-8-10/h2-8,18H,17H2,1H3. The molecule has 21 heavy (non-hydrogen) atoms. The van der Waals surface area contributed by atoms with Crippen LogP contribution in [0.25, 0.3) is 16.6 Å². The molecule has 3 aromatic rings. The van der Waals surface area contributed by atoms with Crippen LogP contribution in [-0.4, -0.2) is 16.6 Å². The highest BCUT2D eigenvalue weighted by atomic mass is 35.5. The summed E-state index contributed by atoms with van der Waals surface area (Å²) in [5.41, 5.74) is 7.77. The van der Waals surface area contributed by atoms with Gasteiger partial charge in [-0.05, 0) is 30.3 Å². The van der Waals surface area contributed by atoms with Gasteiger partial charge >= 0.3 is 0 Å². The van der Waals surface area contributed by atoms with E-state index >= 15 is 0 Å². The molecule has 6 heteroatoms. The van der Waals surface area contributed by atoms with E-state index in [2.05, 4.69) is 10.3 Å². The second-order valence-electron chi connectivity index (χ2n) is 4.55. The van der Waals surface area contributed by atoms with Crippen LogP contribution in [0.15, 0.2) is 47.5 Å². The van der Waals surface area contributed by atoms with Crippen molar-refractivity contribution in [3.05, 3.63) is 58.1 Å². The second kappa shape index (κ2) is 5.10. The maximum Gasteiger partial charge on any atom is 0.280 e. The third-order valence-electron chi connectivity index (χ3n) is 3.33. The summed E-state index contributed by atoms with van der Waals surface area (Å²) >= 11 is 6.08. The number of fused-ring (bicyclic) bond motifs is 1. The first kappa shape index (κ1) is 13.5. The van der Waals surface area contributed by atoms with Crippen LogP contribution in [-0.2, 0) is 0 Å². The Balaban J connectivity index is 2.52. The van der Waals surface area contributed by atoms with Crippen LogP contribution in [0.4, 0.5) is 11.4 Å². The summed E-state index contributed by atoms with van der Waals surface area (Å²) in [7, 11) is 1.73. The minimum atomic E-state index is -0.304. The smallest absolute Gasteiger partial charge is 0.280 e. The van der Waals surface area contributed by atoms with Gasteiger partial charge < -0.3 is 11.1 Å². The molecule has 106 valence electrons. The molecule has 0 atom stereocenters. The van der Waals surface area contributed by atoms with Crippen LogP contribution in [0.5, 0.6) is 0 Å². The van der Waals surface area contributed by atoms with E-state index in [9.17, 15) is 4.79 Å². The number of aromatic nitrogens is 2. The molecular weight excluding hydrogens is 288 g/mol.